The van der Waals surface area contributed by atoms with Crippen molar-refractivity contribution in [3.63, 3.8) is 0 Å². The summed E-state index contributed by atoms with van der Waals surface area (Å²) in [7, 11) is 0. The molecule has 2 heteroatoms. The predicted molar refractivity (Wildman–Crippen MR) is 62.9 cm³/mol. The summed E-state index contributed by atoms with van der Waals surface area (Å²) in [5, 5.41) is 0. The van der Waals surface area contributed by atoms with Crippen LogP contribution in [-0.4, -0.2) is 19.0 Å². The first kappa shape index (κ1) is 13.0. The summed E-state index contributed by atoms with van der Waals surface area (Å²) in [5.41, 5.74) is 0. The van der Waals surface area contributed by atoms with Gasteiger partial charge in [0.1, 0.15) is 0 Å². The first-order chi connectivity index (χ1) is 7.33. The van der Waals surface area contributed by atoms with Crippen molar-refractivity contribution in [2.24, 2.45) is 0 Å². The van der Waals surface area contributed by atoms with E-state index in [9.17, 15) is 0 Å². The molecule has 1 aliphatic rings. The van der Waals surface area contributed by atoms with Gasteiger partial charge in [-0.25, -0.2) is 0 Å². The highest BCUT2D eigenvalue weighted by Crippen LogP contribution is 2.17. The summed E-state index contributed by atoms with van der Waals surface area (Å²) >= 11 is 0. The molecule has 0 aromatic rings. The summed E-state index contributed by atoms with van der Waals surface area (Å²) in [4.78, 5) is 0. The molecule has 0 amide bonds. The third-order valence-corrected chi connectivity index (χ3v) is 3.01. The number of hydrogen-bond acceptors (Lipinski definition) is 2. The second-order valence-corrected chi connectivity index (χ2v) is 4.59. The van der Waals surface area contributed by atoms with E-state index < -0.39 is 0 Å². The molecule has 0 aromatic heterocycles. The molecule has 1 heterocycles. The fraction of sp³-hybridized carbons (Fsp3) is 1.00. The van der Waals surface area contributed by atoms with E-state index in [1.807, 2.05) is 0 Å². The third kappa shape index (κ3) is 6.16. The van der Waals surface area contributed by atoms with Gasteiger partial charge in [-0.1, -0.05) is 39.0 Å². The van der Waals surface area contributed by atoms with Crippen LogP contribution in [0.5, 0.6) is 0 Å². The van der Waals surface area contributed by atoms with E-state index in [0.29, 0.717) is 6.10 Å². The van der Waals surface area contributed by atoms with Crippen LogP contribution < -0.4 is 0 Å². The summed E-state index contributed by atoms with van der Waals surface area (Å²) in [6.45, 7) is 5.27. The van der Waals surface area contributed by atoms with Crippen molar-refractivity contribution in [3.8, 4) is 0 Å². The Kier molecular flexibility index (Phi) is 7.03. The quantitative estimate of drug-likeness (QED) is 0.599. The third-order valence-electron chi connectivity index (χ3n) is 3.01. The fourth-order valence-corrected chi connectivity index (χ4v) is 1.97. The van der Waals surface area contributed by atoms with E-state index in [0.717, 1.165) is 19.4 Å². The second kappa shape index (κ2) is 8.12. The molecule has 0 radical (unpaired) electrons. The molecule has 1 rings (SSSR count). The van der Waals surface area contributed by atoms with Crippen molar-refractivity contribution in [2.45, 2.75) is 77.6 Å². The molecule has 2 atom stereocenters. The van der Waals surface area contributed by atoms with Gasteiger partial charge >= 0.3 is 0 Å². The largest absolute Gasteiger partial charge is 0.353 e. The first-order valence-corrected chi connectivity index (χ1v) is 6.60. The molecule has 1 aliphatic heterocycles. The first-order valence-electron chi connectivity index (χ1n) is 6.60. The van der Waals surface area contributed by atoms with E-state index in [4.69, 9.17) is 9.47 Å². The Balaban J connectivity index is 1.90. The van der Waals surface area contributed by atoms with Gasteiger partial charge in [0.25, 0.3) is 0 Å². The van der Waals surface area contributed by atoms with Crippen molar-refractivity contribution in [1.29, 1.82) is 0 Å². The normalized spacial score (nSPS) is 26.8. The Hall–Kier alpha value is -0.0800. The lowest BCUT2D eigenvalue weighted by Gasteiger charge is -2.28. The molecule has 0 spiro atoms. The van der Waals surface area contributed by atoms with Crippen LogP contribution in [0, 0.1) is 0 Å². The maximum absolute atomic E-state index is 5.69. The zero-order chi connectivity index (χ0) is 10.9. The lowest BCUT2D eigenvalue weighted by atomic mass is 10.1. The minimum atomic E-state index is 0.0833. The molecule has 0 aliphatic carbocycles. The molecule has 90 valence electrons. The molecule has 0 aromatic carbocycles. The van der Waals surface area contributed by atoms with Crippen LogP contribution in [0.15, 0.2) is 0 Å². The molecule has 1 saturated heterocycles. The Morgan fingerprint density at radius 1 is 1.07 bits per heavy atom. The van der Waals surface area contributed by atoms with Crippen molar-refractivity contribution in [2.75, 3.05) is 6.61 Å². The van der Waals surface area contributed by atoms with Gasteiger partial charge in [0, 0.05) is 0 Å². The van der Waals surface area contributed by atoms with Crippen LogP contribution in [0.4, 0.5) is 0 Å². The van der Waals surface area contributed by atoms with Gasteiger partial charge in [-0.05, 0) is 26.2 Å². The lowest BCUT2D eigenvalue weighted by Crippen LogP contribution is -2.30. The maximum atomic E-state index is 5.69. The van der Waals surface area contributed by atoms with Gasteiger partial charge in [0.05, 0.1) is 12.7 Å². The van der Waals surface area contributed by atoms with Gasteiger partial charge in [-0.2, -0.15) is 0 Å². The van der Waals surface area contributed by atoms with Crippen molar-refractivity contribution < 1.29 is 9.47 Å². The average molecular weight is 214 g/mol. The molecule has 0 N–H and O–H groups in total. The predicted octanol–water partition coefficient (Wildman–Crippen LogP) is 3.89. The van der Waals surface area contributed by atoms with Crippen LogP contribution in [0.1, 0.15) is 65.2 Å². The van der Waals surface area contributed by atoms with Crippen LogP contribution >= 0.6 is 0 Å². The highest BCUT2D eigenvalue weighted by molar-refractivity contribution is 4.59. The Morgan fingerprint density at radius 2 is 1.80 bits per heavy atom. The molecule has 2 nitrogen and oxygen atoms in total. The Morgan fingerprint density at radius 3 is 2.53 bits per heavy atom. The van der Waals surface area contributed by atoms with E-state index in [2.05, 4.69) is 13.8 Å². The molecule has 0 unspecified atom stereocenters. The lowest BCUT2D eigenvalue weighted by molar-refractivity contribution is -0.210. The van der Waals surface area contributed by atoms with Crippen LogP contribution in [0.25, 0.3) is 0 Å². The van der Waals surface area contributed by atoms with Gasteiger partial charge in [0.15, 0.2) is 6.29 Å². The second-order valence-electron chi connectivity index (χ2n) is 4.59. The van der Waals surface area contributed by atoms with E-state index >= 15 is 0 Å². The summed E-state index contributed by atoms with van der Waals surface area (Å²) in [6.07, 6.45) is 10.7. The van der Waals surface area contributed by atoms with Gasteiger partial charge in [-0.3, -0.25) is 0 Å². The molecular formula is C13H26O2. The molecule has 0 saturated carbocycles. The van der Waals surface area contributed by atoms with E-state index in [1.54, 1.807) is 0 Å². The van der Waals surface area contributed by atoms with Crippen LogP contribution in [-0.2, 0) is 9.47 Å². The molecular weight excluding hydrogens is 188 g/mol. The minimum absolute atomic E-state index is 0.0833. The van der Waals surface area contributed by atoms with Crippen molar-refractivity contribution >= 4 is 0 Å². The highest BCUT2D eigenvalue weighted by Gasteiger charge is 2.18. The van der Waals surface area contributed by atoms with Gasteiger partial charge < -0.3 is 9.47 Å². The smallest absolute Gasteiger partial charge is 0.157 e. The maximum Gasteiger partial charge on any atom is 0.157 e. The number of ether oxygens (including phenoxy) is 2. The van der Waals surface area contributed by atoms with Crippen molar-refractivity contribution in [1.82, 2.24) is 0 Å². The summed E-state index contributed by atoms with van der Waals surface area (Å²) in [5.74, 6) is 0. The minimum Gasteiger partial charge on any atom is -0.353 e. The zero-order valence-electron chi connectivity index (χ0n) is 10.3. The average Bonchev–Trinajstić information content (AvgIpc) is 2.23. The zero-order valence-corrected chi connectivity index (χ0v) is 10.3. The van der Waals surface area contributed by atoms with E-state index in [-0.39, 0.29) is 6.29 Å². The summed E-state index contributed by atoms with van der Waals surface area (Å²) < 4.78 is 11.2. The topological polar surface area (TPSA) is 18.5 Å². The van der Waals surface area contributed by atoms with Gasteiger partial charge in [-0.15, -0.1) is 0 Å². The summed E-state index contributed by atoms with van der Waals surface area (Å²) in [6, 6.07) is 0. The molecule has 1 fully saturated rings. The number of hydrogen-bond donors (Lipinski definition) is 0. The Bertz CT molecular complexity index is 147. The number of unbranched alkanes of at least 4 members (excludes halogenated alkanes) is 5. The van der Waals surface area contributed by atoms with E-state index in [1.165, 1.54) is 38.5 Å². The standard InChI is InChI=1S/C13H26O2/c1-3-4-5-6-7-8-9-13-14-11-10-12(2)15-13/h12-13H,3-11H2,1-2H3/t12-,13+/m1/s1. The van der Waals surface area contributed by atoms with Crippen LogP contribution in [0.3, 0.4) is 0 Å². The molecule has 0 bridgehead atoms. The number of rotatable bonds is 7. The highest BCUT2D eigenvalue weighted by atomic mass is 16.7. The Labute approximate surface area is 94.3 Å². The van der Waals surface area contributed by atoms with Gasteiger partial charge in [0.2, 0.25) is 0 Å². The van der Waals surface area contributed by atoms with Crippen molar-refractivity contribution in [3.05, 3.63) is 0 Å². The molecule has 15 heavy (non-hydrogen) atoms. The fourth-order valence-electron chi connectivity index (χ4n) is 1.97. The SMILES string of the molecule is CCCCCCCC[C@H]1OCC[C@@H](C)O1. The monoisotopic (exact) mass is 214 g/mol. The van der Waals surface area contributed by atoms with Crippen LogP contribution in [0.2, 0.25) is 0 Å².